The van der Waals surface area contributed by atoms with Crippen molar-refractivity contribution in [1.29, 1.82) is 0 Å². The van der Waals surface area contributed by atoms with Crippen LogP contribution in [0.3, 0.4) is 0 Å². The van der Waals surface area contributed by atoms with Crippen molar-refractivity contribution < 1.29 is 9.59 Å². The number of hydrogen-bond donors (Lipinski definition) is 1. The number of aryl methyl sites for hydroxylation is 1. The number of piperazine rings is 1. The summed E-state index contributed by atoms with van der Waals surface area (Å²) in [5, 5.41) is 6.98. The van der Waals surface area contributed by atoms with Gasteiger partial charge in [-0.25, -0.2) is 9.31 Å². The maximum absolute atomic E-state index is 12.4. The second-order valence-corrected chi connectivity index (χ2v) is 9.03. The molecule has 162 valence electrons. The smallest absolute Gasteiger partial charge is 0.298 e. The number of urea groups is 1. The molecule has 0 radical (unpaired) electrons. The Kier molecular flexibility index (Phi) is 5.79. The lowest BCUT2D eigenvalue weighted by atomic mass is 10.1. The molecule has 0 unspecified atom stereocenters. The normalized spacial score (nSPS) is 21.6. The molecule has 2 aliphatic heterocycles. The molecule has 4 heterocycles. The van der Waals surface area contributed by atoms with Crippen LogP contribution >= 0.6 is 0 Å². The fourth-order valence-electron chi connectivity index (χ4n) is 4.62. The third kappa shape index (κ3) is 4.20. The first kappa shape index (κ1) is 20.8. The fraction of sp³-hybridized carbons (Fsp3) is 0.591. The van der Waals surface area contributed by atoms with Gasteiger partial charge in [-0.1, -0.05) is 13.8 Å². The summed E-state index contributed by atoms with van der Waals surface area (Å²) < 4.78 is 1.82. The van der Waals surface area contributed by atoms with Gasteiger partial charge in [-0.15, -0.1) is 0 Å². The van der Waals surface area contributed by atoms with Crippen LogP contribution in [0.15, 0.2) is 18.3 Å². The molecule has 1 N–H and O–H groups in total. The monoisotopic (exact) mass is 412 g/mol. The van der Waals surface area contributed by atoms with E-state index in [-0.39, 0.29) is 11.9 Å². The molecule has 0 bridgehead atoms. The molecule has 2 fully saturated rings. The van der Waals surface area contributed by atoms with Crippen LogP contribution in [0.1, 0.15) is 38.4 Å². The number of fused-ring (bicyclic) bond motifs is 1. The van der Waals surface area contributed by atoms with Gasteiger partial charge in [0.1, 0.15) is 0 Å². The van der Waals surface area contributed by atoms with E-state index in [1.54, 1.807) is 4.90 Å². The Hall–Kier alpha value is -2.45. The highest BCUT2D eigenvalue weighted by molar-refractivity contribution is 6.07. The molecule has 0 spiro atoms. The minimum atomic E-state index is -0.371. The molecule has 0 saturated carbocycles. The zero-order chi connectivity index (χ0) is 21.4. The standard InChI is InChI=1S/C22H32N6O2/c1-15(2)12-26-10-9-25(13-16(26)3)14-18-5-8-28-19(11-18)21(17(4)24-28)27-7-6-20(29)23-22(27)30/h5,8,11,15-16H,6-7,9-10,12-14H2,1-4H3,(H,23,29,30)/t16-/m0/s1. The average molecular weight is 413 g/mol. The summed E-state index contributed by atoms with van der Waals surface area (Å²) in [7, 11) is 0. The Morgan fingerprint density at radius 2 is 2.03 bits per heavy atom. The second-order valence-electron chi connectivity index (χ2n) is 9.03. The summed E-state index contributed by atoms with van der Waals surface area (Å²) in [5.74, 6) is 0.462. The van der Waals surface area contributed by atoms with E-state index in [0.29, 0.717) is 24.9 Å². The number of amides is 3. The number of carbonyl (C=O) groups excluding carboxylic acids is 2. The van der Waals surface area contributed by atoms with E-state index >= 15 is 0 Å². The molecule has 1 atom stereocenters. The predicted octanol–water partition coefficient (Wildman–Crippen LogP) is 2.25. The van der Waals surface area contributed by atoms with E-state index in [1.807, 2.05) is 17.6 Å². The van der Waals surface area contributed by atoms with E-state index in [4.69, 9.17) is 0 Å². The van der Waals surface area contributed by atoms with Crippen molar-refractivity contribution in [2.24, 2.45) is 5.92 Å². The van der Waals surface area contributed by atoms with Crippen molar-refractivity contribution in [2.75, 3.05) is 37.6 Å². The zero-order valence-electron chi connectivity index (χ0n) is 18.4. The van der Waals surface area contributed by atoms with Crippen LogP contribution in [0.4, 0.5) is 10.5 Å². The van der Waals surface area contributed by atoms with Gasteiger partial charge in [-0.2, -0.15) is 5.10 Å². The molecule has 30 heavy (non-hydrogen) atoms. The number of rotatable bonds is 5. The van der Waals surface area contributed by atoms with Crippen molar-refractivity contribution in [3.05, 3.63) is 29.6 Å². The minimum absolute atomic E-state index is 0.225. The zero-order valence-corrected chi connectivity index (χ0v) is 18.4. The van der Waals surface area contributed by atoms with Gasteiger partial charge in [0.2, 0.25) is 5.91 Å². The van der Waals surface area contributed by atoms with Crippen LogP contribution in [-0.4, -0.2) is 70.1 Å². The molecule has 8 heteroatoms. The van der Waals surface area contributed by atoms with Crippen LogP contribution in [0, 0.1) is 12.8 Å². The number of hydrogen-bond acceptors (Lipinski definition) is 5. The Morgan fingerprint density at radius 1 is 1.23 bits per heavy atom. The van der Waals surface area contributed by atoms with Gasteiger partial charge in [0.15, 0.2) is 0 Å². The van der Waals surface area contributed by atoms with Gasteiger partial charge in [0, 0.05) is 57.9 Å². The molecule has 3 amide bonds. The topological polar surface area (TPSA) is 73.2 Å². The minimum Gasteiger partial charge on any atom is -0.298 e. The summed E-state index contributed by atoms with van der Waals surface area (Å²) in [6.07, 6.45) is 2.27. The van der Waals surface area contributed by atoms with E-state index in [9.17, 15) is 9.59 Å². The number of pyridine rings is 1. The number of nitrogens with zero attached hydrogens (tertiary/aromatic N) is 5. The van der Waals surface area contributed by atoms with E-state index in [2.05, 4.69) is 53.1 Å². The number of anilines is 1. The lowest BCUT2D eigenvalue weighted by Crippen LogP contribution is -2.52. The highest BCUT2D eigenvalue weighted by Crippen LogP contribution is 2.28. The number of imide groups is 1. The number of aromatic nitrogens is 2. The molecule has 4 rings (SSSR count). The van der Waals surface area contributed by atoms with E-state index in [1.165, 1.54) is 5.56 Å². The Morgan fingerprint density at radius 3 is 2.73 bits per heavy atom. The van der Waals surface area contributed by atoms with Crippen molar-refractivity contribution >= 4 is 23.1 Å². The SMILES string of the molecule is Cc1nn2ccc(CN3CCN(CC(C)C)[C@@H](C)C3)cc2c1N1CCC(=O)NC1=O. The Labute approximate surface area is 177 Å². The summed E-state index contributed by atoms with van der Waals surface area (Å²) in [6.45, 7) is 14.4. The van der Waals surface area contributed by atoms with Gasteiger partial charge < -0.3 is 0 Å². The molecule has 2 saturated heterocycles. The lowest BCUT2D eigenvalue weighted by molar-refractivity contribution is -0.120. The van der Waals surface area contributed by atoms with Crippen LogP contribution in [-0.2, 0) is 11.3 Å². The quantitative estimate of drug-likeness (QED) is 0.816. The van der Waals surface area contributed by atoms with Gasteiger partial charge in [0.05, 0.1) is 16.9 Å². The first-order chi connectivity index (χ1) is 14.3. The average Bonchev–Trinajstić information content (AvgIpc) is 2.99. The lowest BCUT2D eigenvalue weighted by Gasteiger charge is -2.40. The highest BCUT2D eigenvalue weighted by Gasteiger charge is 2.29. The van der Waals surface area contributed by atoms with E-state index < -0.39 is 0 Å². The predicted molar refractivity (Wildman–Crippen MR) is 117 cm³/mol. The van der Waals surface area contributed by atoms with Crippen molar-refractivity contribution in [3.63, 3.8) is 0 Å². The Balaban J connectivity index is 1.52. The van der Waals surface area contributed by atoms with Crippen LogP contribution < -0.4 is 10.2 Å². The molecule has 2 aromatic rings. The molecule has 0 aromatic carbocycles. The summed E-state index contributed by atoms with van der Waals surface area (Å²) >= 11 is 0. The second kappa shape index (κ2) is 8.35. The summed E-state index contributed by atoms with van der Waals surface area (Å²) in [4.78, 5) is 30.6. The first-order valence-electron chi connectivity index (χ1n) is 10.9. The first-order valence-corrected chi connectivity index (χ1v) is 10.9. The fourth-order valence-corrected chi connectivity index (χ4v) is 4.62. The van der Waals surface area contributed by atoms with Crippen LogP contribution in [0.2, 0.25) is 0 Å². The summed E-state index contributed by atoms with van der Waals surface area (Å²) in [5.41, 5.74) is 3.69. The van der Waals surface area contributed by atoms with Crippen molar-refractivity contribution in [3.8, 4) is 0 Å². The molecule has 2 aromatic heterocycles. The third-order valence-corrected chi connectivity index (χ3v) is 6.02. The highest BCUT2D eigenvalue weighted by atomic mass is 16.2. The largest absolute Gasteiger partial charge is 0.328 e. The molecule has 2 aliphatic rings. The maximum atomic E-state index is 12.4. The third-order valence-electron chi connectivity index (χ3n) is 6.02. The van der Waals surface area contributed by atoms with Gasteiger partial charge >= 0.3 is 6.03 Å². The van der Waals surface area contributed by atoms with Crippen molar-refractivity contribution in [2.45, 2.75) is 46.7 Å². The molecule has 8 nitrogen and oxygen atoms in total. The van der Waals surface area contributed by atoms with Crippen LogP contribution in [0.25, 0.3) is 5.52 Å². The molecular weight excluding hydrogens is 380 g/mol. The van der Waals surface area contributed by atoms with Crippen molar-refractivity contribution in [1.82, 2.24) is 24.7 Å². The van der Waals surface area contributed by atoms with Crippen LogP contribution in [0.5, 0.6) is 0 Å². The molecular formula is C22H32N6O2. The Bertz CT molecular complexity index is 952. The summed E-state index contributed by atoms with van der Waals surface area (Å²) in [6, 6.07) is 4.41. The van der Waals surface area contributed by atoms with Gasteiger partial charge in [-0.05, 0) is 37.5 Å². The van der Waals surface area contributed by atoms with Gasteiger partial charge in [-0.3, -0.25) is 24.8 Å². The number of carbonyl (C=O) groups is 2. The molecule has 0 aliphatic carbocycles. The maximum Gasteiger partial charge on any atom is 0.328 e. The van der Waals surface area contributed by atoms with E-state index in [0.717, 1.165) is 49.6 Å². The number of nitrogens with one attached hydrogen (secondary N) is 1. The van der Waals surface area contributed by atoms with Gasteiger partial charge in [0.25, 0.3) is 0 Å².